The average Bonchev–Trinajstić information content (AvgIpc) is 2.27. The lowest BCUT2D eigenvalue weighted by Gasteiger charge is -2.10. The fourth-order valence-corrected chi connectivity index (χ4v) is 1.22. The number of carbonyl (C=O) groups excluding carboxylic acids is 1. The van der Waals surface area contributed by atoms with Crippen molar-refractivity contribution in [2.45, 2.75) is 12.5 Å². The molecule has 0 bridgehead atoms. The molecular formula is C11H16N2O2. The van der Waals surface area contributed by atoms with E-state index < -0.39 is 12.0 Å². The standard InChI is InChI=1S/C11H16N2O2/c12-6-7-15-11(14)10(13)8-9-4-2-1-3-5-9/h1-5,10H,6-8,12-13H2/t10-/m0/s1. The van der Waals surface area contributed by atoms with Crippen LogP contribution in [-0.2, 0) is 16.0 Å². The lowest BCUT2D eigenvalue weighted by atomic mass is 10.1. The third-order valence-corrected chi connectivity index (χ3v) is 1.96. The molecule has 0 aliphatic rings. The molecule has 4 heteroatoms. The number of carbonyl (C=O) groups is 1. The van der Waals surface area contributed by atoms with Crippen molar-refractivity contribution in [3.8, 4) is 0 Å². The van der Waals surface area contributed by atoms with Crippen LogP contribution in [0.15, 0.2) is 30.3 Å². The fraction of sp³-hybridized carbons (Fsp3) is 0.364. The minimum atomic E-state index is -0.612. The highest BCUT2D eigenvalue weighted by Gasteiger charge is 2.14. The Kier molecular flexibility index (Phi) is 4.80. The first kappa shape index (κ1) is 11.7. The lowest BCUT2D eigenvalue weighted by molar-refractivity contribution is -0.144. The largest absolute Gasteiger partial charge is 0.463 e. The summed E-state index contributed by atoms with van der Waals surface area (Å²) in [4.78, 5) is 11.3. The van der Waals surface area contributed by atoms with E-state index in [4.69, 9.17) is 16.2 Å². The molecule has 4 N–H and O–H groups in total. The molecule has 1 rings (SSSR count). The van der Waals surface area contributed by atoms with Crippen LogP contribution in [0.2, 0.25) is 0 Å². The van der Waals surface area contributed by atoms with Gasteiger partial charge in [0, 0.05) is 6.54 Å². The van der Waals surface area contributed by atoms with Gasteiger partial charge in [0.15, 0.2) is 0 Å². The SMILES string of the molecule is NCCOC(=O)[C@@H](N)Cc1ccccc1. The maximum absolute atomic E-state index is 11.3. The van der Waals surface area contributed by atoms with Gasteiger partial charge in [0.2, 0.25) is 0 Å². The molecular weight excluding hydrogens is 192 g/mol. The van der Waals surface area contributed by atoms with Gasteiger partial charge in [0.25, 0.3) is 0 Å². The van der Waals surface area contributed by atoms with E-state index in [2.05, 4.69) is 0 Å². The molecule has 82 valence electrons. The van der Waals surface area contributed by atoms with Gasteiger partial charge in [-0.3, -0.25) is 4.79 Å². The molecule has 0 saturated carbocycles. The van der Waals surface area contributed by atoms with Gasteiger partial charge in [0.05, 0.1) is 0 Å². The lowest BCUT2D eigenvalue weighted by Crippen LogP contribution is -2.35. The Bertz CT molecular complexity index is 301. The van der Waals surface area contributed by atoms with Gasteiger partial charge < -0.3 is 16.2 Å². The van der Waals surface area contributed by atoms with Crippen molar-refractivity contribution in [1.82, 2.24) is 0 Å². The summed E-state index contributed by atoms with van der Waals surface area (Å²) in [5.74, 6) is -0.399. The van der Waals surface area contributed by atoms with Crippen molar-refractivity contribution >= 4 is 5.97 Å². The van der Waals surface area contributed by atoms with Crippen LogP contribution in [0, 0.1) is 0 Å². The summed E-state index contributed by atoms with van der Waals surface area (Å²) in [6.07, 6.45) is 0.490. The second-order valence-corrected chi connectivity index (χ2v) is 3.25. The van der Waals surface area contributed by atoms with Crippen molar-refractivity contribution in [2.75, 3.05) is 13.2 Å². The second kappa shape index (κ2) is 6.16. The maximum Gasteiger partial charge on any atom is 0.323 e. The number of hydrogen-bond donors (Lipinski definition) is 2. The zero-order valence-electron chi connectivity index (χ0n) is 8.56. The van der Waals surface area contributed by atoms with Crippen LogP contribution in [0.5, 0.6) is 0 Å². The molecule has 0 aliphatic carbocycles. The van der Waals surface area contributed by atoms with Gasteiger partial charge in [0.1, 0.15) is 12.6 Å². The molecule has 1 aromatic carbocycles. The highest BCUT2D eigenvalue weighted by atomic mass is 16.5. The predicted octanol–water partition coefficient (Wildman–Crippen LogP) is 0.0583. The van der Waals surface area contributed by atoms with E-state index in [0.717, 1.165) is 5.56 Å². The van der Waals surface area contributed by atoms with E-state index in [-0.39, 0.29) is 6.61 Å². The molecule has 0 saturated heterocycles. The Balaban J connectivity index is 2.41. The summed E-state index contributed by atoms with van der Waals surface area (Å²) >= 11 is 0. The summed E-state index contributed by atoms with van der Waals surface area (Å²) in [6, 6.07) is 8.98. The van der Waals surface area contributed by atoms with Gasteiger partial charge >= 0.3 is 5.97 Å². The molecule has 0 spiro atoms. The minimum Gasteiger partial charge on any atom is -0.463 e. The number of rotatable bonds is 5. The topological polar surface area (TPSA) is 78.3 Å². The molecule has 0 aliphatic heterocycles. The van der Waals surface area contributed by atoms with Crippen molar-refractivity contribution in [3.63, 3.8) is 0 Å². The van der Waals surface area contributed by atoms with Crippen molar-refractivity contribution in [2.24, 2.45) is 11.5 Å². The van der Waals surface area contributed by atoms with Crippen LogP contribution in [0.4, 0.5) is 0 Å². The summed E-state index contributed by atoms with van der Waals surface area (Å²) in [6.45, 7) is 0.547. The van der Waals surface area contributed by atoms with Crippen molar-refractivity contribution in [3.05, 3.63) is 35.9 Å². The van der Waals surface area contributed by atoms with Crippen LogP contribution in [-0.4, -0.2) is 25.2 Å². The number of benzene rings is 1. The predicted molar refractivity (Wildman–Crippen MR) is 58.1 cm³/mol. The molecule has 4 nitrogen and oxygen atoms in total. The normalized spacial score (nSPS) is 12.1. The second-order valence-electron chi connectivity index (χ2n) is 3.25. The van der Waals surface area contributed by atoms with Gasteiger partial charge in [-0.2, -0.15) is 0 Å². The third-order valence-electron chi connectivity index (χ3n) is 1.96. The van der Waals surface area contributed by atoms with E-state index in [9.17, 15) is 4.79 Å². The number of esters is 1. The molecule has 0 radical (unpaired) electrons. The van der Waals surface area contributed by atoms with Crippen LogP contribution < -0.4 is 11.5 Å². The molecule has 15 heavy (non-hydrogen) atoms. The molecule has 1 atom stereocenters. The number of ether oxygens (including phenoxy) is 1. The van der Waals surface area contributed by atoms with Crippen LogP contribution in [0.1, 0.15) is 5.56 Å². The average molecular weight is 208 g/mol. The zero-order chi connectivity index (χ0) is 11.1. The first-order chi connectivity index (χ1) is 7.24. The van der Waals surface area contributed by atoms with E-state index >= 15 is 0 Å². The van der Waals surface area contributed by atoms with Crippen LogP contribution in [0.3, 0.4) is 0 Å². The first-order valence-electron chi connectivity index (χ1n) is 4.90. The van der Waals surface area contributed by atoms with Crippen LogP contribution >= 0.6 is 0 Å². The Hall–Kier alpha value is -1.39. The summed E-state index contributed by atoms with van der Waals surface area (Å²) in [7, 11) is 0. The fourth-order valence-electron chi connectivity index (χ4n) is 1.22. The zero-order valence-corrected chi connectivity index (χ0v) is 8.56. The van der Waals surface area contributed by atoms with Gasteiger partial charge in [-0.15, -0.1) is 0 Å². The molecule has 0 fully saturated rings. The van der Waals surface area contributed by atoms with E-state index in [1.807, 2.05) is 30.3 Å². The van der Waals surface area contributed by atoms with Crippen LogP contribution in [0.25, 0.3) is 0 Å². The molecule has 0 unspecified atom stereocenters. The smallest absolute Gasteiger partial charge is 0.323 e. The Morgan fingerprint density at radius 3 is 2.60 bits per heavy atom. The van der Waals surface area contributed by atoms with Gasteiger partial charge in [-0.25, -0.2) is 0 Å². The molecule has 1 aromatic rings. The van der Waals surface area contributed by atoms with Crippen molar-refractivity contribution in [1.29, 1.82) is 0 Å². The van der Waals surface area contributed by atoms with E-state index in [0.29, 0.717) is 13.0 Å². The minimum absolute atomic E-state index is 0.224. The summed E-state index contributed by atoms with van der Waals surface area (Å²) in [5, 5.41) is 0. The molecule has 0 amide bonds. The number of hydrogen-bond acceptors (Lipinski definition) is 4. The Labute approximate surface area is 89.2 Å². The third kappa shape index (κ3) is 4.10. The molecule has 0 aromatic heterocycles. The van der Waals surface area contributed by atoms with Gasteiger partial charge in [-0.05, 0) is 12.0 Å². The summed E-state index contributed by atoms with van der Waals surface area (Å²) < 4.78 is 4.84. The summed E-state index contributed by atoms with van der Waals surface area (Å²) in [5.41, 5.74) is 11.9. The quantitative estimate of drug-likeness (QED) is 0.671. The Morgan fingerprint density at radius 2 is 2.00 bits per heavy atom. The first-order valence-corrected chi connectivity index (χ1v) is 4.90. The van der Waals surface area contributed by atoms with E-state index in [1.165, 1.54) is 0 Å². The Morgan fingerprint density at radius 1 is 1.33 bits per heavy atom. The van der Waals surface area contributed by atoms with Gasteiger partial charge in [-0.1, -0.05) is 30.3 Å². The molecule has 0 heterocycles. The number of nitrogens with two attached hydrogens (primary N) is 2. The maximum atomic E-state index is 11.3. The monoisotopic (exact) mass is 208 g/mol. The highest BCUT2D eigenvalue weighted by Crippen LogP contribution is 2.02. The highest BCUT2D eigenvalue weighted by molar-refractivity contribution is 5.75. The van der Waals surface area contributed by atoms with Crippen molar-refractivity contribution < 1.29 is 9.53 Å². The van der Waals surface area contributed by atoms with E-state index in [1.54, 1.807) is 0 Å².